The Hall–Kier alpha value is -0.580. The van der Waals surface area contributed by atoms with Crippen molar-refractivity contribution in [1.29, 1.82) is 0 Å². The highest BCUT2D eigenvalue weighted by Gasteiger charge is 2.13. The molecule has 1 saturated heterocycles. The summed E-state index contributed by atoms with van der Waals surface area (Å²) in [5.41, 5.74) is 0. The van der Waals surface area contributed by atoms with Crippen LogP contribution in [-0.4, -0.2) is 39.5 Å². The smallest absolute Gasteiger partial charge is 0.137 e. The Morgan fingerprint density at radius 3 is 2.88 bits per heavy atom. The summed E-state index contributed by atoms with van der Waals surface area (Å²) in [6.45, 7) is 5.78. The molecule has 1 aromatic rings. The van der Waals surface area contributed by atoms with Crippen molar-refractivity contribution in [1.82, 2.24) is 0 Å². The molecule has 0 atom stereocenters. The van der Waals surface area contributed by atoms with Crippen molar-refractivity contribution >= 4 is 15.9 Å². The van der Waals surface area contributed by atoms with Crippen molar-refractivity contribution < 1.29 is 14.4 Å². The van der Waals surface area contributed by atoms with Gasteiger partial charge in [0.05, 0.1) is 13.2 Å². The lowest BCUT2D eigenvalue weighted by Crippen LogP contribution is -3.14. The van der Waals surface area contributed by atoms with Crippen molar-refractivity contribution in [2.45, 2.75) is 0 Å². The van der Waals surface area contributed by atoms with E-state index in [0.717, 1.165) is 49.7 Å². The van der Waals surface area contributed by atoms with Crippen LogP contribution in [0.25, 0.3) is 0 Å². The minimum absolute atomic E-state index is 0.770. The summed E-state index contributed by atoms with van der Waals surface area (Å²) in [4.78, 5) is 1.57. The largest absolute Gasteiger partial charge is 0.488 e. The second kappa shape index (κ2) is 6.23. The van der Waals surface area contributed by atoms with Gasteiger partial charge in [-0.1, -0.05) is 22.0 Å². The zero-order valence-electron chi connectivity index (χ0n) is 9.25. The summed E-state index contributed by atoms with van der Waals surface area (Å²) < 4.78 is 12.1. The molecule has 2 rings (SSSR count). The van der Waals surface area contributed by atoms with E-state index in [1.807, 2.05) is 24.3 Å². The predicted molar refractivity (Wildman–Crippen MR) is 66.0 cm³/mol. The molecule has 1 N–H and O–H groups in total. The van der Waals surface area contributed by atoms with Gasteiger partial charge in [-0.3, -0.25) is 0 Å². The van der Waals surface area contributed by atoms with E-state index in [0.29, 0.717) is 0 Å². The lowest BCUT2D eigenvalue weighted by Gasteiger charge is -2.23. The minimum atomic E-state index is 0.770. The first-order valence-electron chi connectivity index (χ1n) is 5.64. The highest BCUT2D eigenvalue weighted by Crippen LogP contribution is 2.17. The molecule has 0 aromatic heterocycles. The fourth-order valence-electron chi connectivity index (χ4n) is 1.78. The van der Waals surface area contributed by atoms with Gasteiger partial charge in [-0.05, 0) is 18.2 Å². The predicted octanol–water partition coefficient (Wildman–Crippen LogP) is 0.743. The van der Waals surface area contributed by atoms with Gasteiger partial charge in [-0.25, -0.2) is 0 Å². The van der Waals surface area contributed by atoms with E-state index in [9.17, 15) is 0 Å². The molecular formula is C12H17BrNO2+. The Kier molecular flexibility index (Phi) is 4.63. The molecule has 4 heteroatoms. The first-order chi connectivity index (χ1) is 7.84. The molecule has 0 unspecified atom stereocenters. The zero-order chi connectivity index (χ0) is 11.2. The lowest BCUT2D eigenvalue weighted by molar-refractivity contribution is -0.908. The number of halogens is 1. The number of benzene rings is 1. The van der Waals surface area contributed by atoms with Crippen molar-refractivity contribution in [2.24, 2.45) is 0 Å². The number of ether oxygens (including phenoxy) is 2. The zero-order valence-corrected chi connectivity index (χ0v) is 10.8. The molecule has 0 radical (unpaired) electrons. The lowest BCUT2D eigenvalue weighted by atomic mass is 10.3. The SMILES string of the molecule is Brc1cccc(OCC[NH+]2CCOCC2)c1. The molecule has 0 bridgehead atoms. The van der Waals surface area contributed by atoms with Gasteiger partial charge in [0.1, 0.15) is 32.0 Å². The van der Waals surface area contributed by atoms with Gasteiger partial charge >= 0.3 is 0 Å². The standard InChI is InChI=1S/C12H16BrNO2/c13-11-2-1-3-12(10-11)16-9-6-14-4-7-15-8-5-14/h1-3,10H,4-9H2/p+1. The molecule has 0 aliphatic carbocycles. The minimum Gasteiger partial charge on any atom is -0.488 e. The van der Waals surface area contributed by atoms with Crippen molar-refractivity contribution in [3.8, 4) is 5.75 Å². The fourth-order valence-corrected chi connectivity index (χ4v) is 2.16. The van der Waals surface area contributed by atoms with Crippen LogP contribution in [0.3, 0.4) is 0 Å². The number of nitrogens with one attached hydrogen (secondary N) is 1. The second-order valence-electron chi connectivity index (χ2n) is 3.92. The number of hydrogen-bond donors (Lipinski definition) is 1. The van der Waals surface area contributed by atoms with Gasteiger partial charge in [-0.2, -0.15) is 0 Å². The molecule has 88 valence electrons. The maximum absolute atomic E-state index is 5.70. The summed E-state index contributed by atoms with van der Waals surface area (Å²) in [5, 5.41) is 0. The number of morpholine rings is 1. The average molecular weight is 287 g/mol. The van der Waals surface area contributed by atoms with Crippen LogP contribution in [0.15, 0.2) is 28.7 Å². The Balaban J connectivity index is 1.71. The molecule has 0 spiro atoms. The third kappa shape index (κ3) is 3.77. The fraction of sp³-hybridized carbons (Fsp3) is 0.500. The van der Waals surface area contributed by atoms with E-state index in [4.69, 9.17) is 9.47 Å². The van der Waals surface area contributed by atoms with E-state index < -0.39 is 0 Å². The number of rotatable bonds is 4. The first-order valence-corrected chi connectivity index (χ1v) is 6.43. The third-order valence-electron chi connectivity index (χ3n) is 2.72. The molecule has 0 amide bonds. The van der Waals surface area contributed by atoms with Gasteiger partial charge < -0.3 is 14.4 Å². The molecule has 1 fully saturated rings. The van der Waals surface area contributed by atoms with Crippen molar-refractivity contribution in [3.63, 3.8) is 0 Å². The van der Waals surface area contributed by atoms with Crippen LogP contribution in [0.5, 0.6) is 5.75 Å². The topological polar surface area (TPSA) is 22.9 Å². The van der Waals surface area contributed by atoms with Crippen LogP contribution in [0, 0.1) is 0 Å². The maximum Gasteiger partial charge on any atom is 0.137 e. The highest BCUT2D eigenvalue weighted by atomic mass is 79.9. The summed E-state index contributed by atoms with van der Waals surface area (Å²) in [6, 6.07) is 7.97. The van der Waals surface area contributed by atoms with Gasteiger partial charge in [0.2, 0.25) is 0 Å². The van der Waals surface area contributed by atoms with E-state index in [-0.39, 0.29) is 0 Å². The molecular weight excluding hydrogens is 270 g/mol. The Morgan fingerprint density at radius 1 is 1.31 bits per heavy atom. The summed E-state index contributed by atoms with van der Waals surface area (Å²) >= 11 is 3.43. The summed E-state index contributed by atoms with van der Waals surface area (Å²) in [6.07, 6.45) is 0. The molecule has 0 saturated carbocycles. The molecule has 1 aliphatic rings. The Labute approximate surface area is 104 Å². The molecule has 1 aromatic carbocycles. The molecule has 16 heavy (non-hydrogen) atoms. The molecule has 1 heterocycles. The van der Waals surface area contributed by atoms with Crippen molar-refractivity contribution in [2.75, 3.05) is 39.5 Å². The van der Waals surface area contributed by atoms with E-state index in [1.165, 1.54) is 0 Å². The number of quaternary nitrogens is 1. The van der Waals surface area contributed by atoms with Gasteiger partial charge in [0.15, 0.2) is 0 Å². The number of hydrogen-bond acceptors (Lipinski definition) is 2. The second-order valence-corrected chi connectivity index (χ2v) is 4.83. The van der Waals surface area contributed by atoms with Gasteiger partial charge in [-0.15, -0.1) is 0 Å². The Morgan fingerprint density at radius 2 is 2.12 bits per heavy atom. The quantitative estimate of drug-likeness (QED) is 0.883. The van der Waals surface area contributed by atoms with Crippen LogP contribution < -0.4 is 9.64 Å². The highest BCUT2D eigenvalue weighted by molar-refractivity contribution is 9.10. The normalized spacial score (nSPS) is 17.3. The van der Waals surface area contributed by atoms with Crippen LogP contribution >= 0.6 is 15.9 Å². The molecule has 3 nitrogen and oxygen atoms in total. The van der Waals surface area contributed by atoms with Crippen LogP contribution in [0.1, 0.15) is 0 Å². The first kappa shape index (κ1) is 11.9. The van der Waals surface area contributed by atoms with Crippen LogP contribution in [-0.2, 0) is 4.74 Å². The van der Waals surface area contributed by atoms with Crippen LogP contribution in [0.4, 0.5) is 0 Å². The average Bonchev–Trinajstić information content (AvgIpc) is 2.30. The van der Waals surface area contributed by atoms with Crippen LogP contribution in [0.2, 0.25) is 0 Å². The van der Waals surface area contributed by atoms with E-state index >= 15 is 0 Å². The van der Waals surface area contributed by atoms with Gasteiger partial charge in [0.25, 0.3) is 0 Å². The molecule has 1 aliphatic heterocycles. The summed E-state index contributed by atoms with van der Waals surface area (Å²) in [5.74, 6) is 0.932. The van der Waals surface area contributed by atoms with Crippen molar-refractivity contribution in [3.05, 3.63) is 28.7 Å². The maximum atomic E-state index is 5.70. The van der Waals surface area contributed by atoms with E-state index in [1.54, 1.807) is 4.90 Å². The summed E-state index contributed by atoms with van der Waals surface area (Å²) in [7, 11) is 0. The monoisotopic (exact) mass is 286 g/mol. The van der Waals surface area contributed by atoms with E-state index in [2.05, 4.69) is 15.9 Å². The Bertz CT molecular complexity index is 327. The third-order valence-corrected chi connectivity index (χ3v) is 3.21. The van der Waals surface area contributed by atoms with Gasteiger partial charge in [0, 0.05) is 4.47 Å².